The molecule has 0 radical (unpaired) electrons. The van der Waals surface area contributed by atoms with Crippen LogP contribution in [-0.2, 0) is 19.0 Å². The summed E-state index contributed by atoms with van der Waals surface area (Å²) in [6.45, 7) is 6.90. The number of rotatable bonds is 7. The predicted molar refractivity (Wildman–Crippen MR) is 91.9 cm³/mol. The van der Waals surface area contributed by atoms with Gasteiger partial charge in [-0.05, 0) is 50.4 Å². The lowest BCUT2D eigenvalue weighted by Gasteiger charge is -2.38. The fourth-order valence-electron chi connectivity index (χ4n) is 4.41. The number of carbonyl (C=O) groups is 1. The van der Waals surface area contributed by atoms with Gasteiger partial charge in [-0.1, -0.05) is 12.8 Å². The lowest BCUT2D eigenvalue weighted by atomic mass is 9.76. The predicted octanol–water partition coefficient (Wildman–Crippen LogP) is 2.63. The van der Waals surface area contributed by atoms with E-state index in [0.29, 0.717) is 6.61 Å². The summed E-state index contributed by atoms with van der Waals surface area (Å²) in [6.07, 6.45) is 8.84. The molecule has 5 heteroatoms. The number of amides is 1. The summed E-state index contributed by atoms with van der Waals surface area (Å²) in [5.74, 6) is 0.905. The van der Waals surface area contributed by atoms with Crippen molar-refractivity contribution in [2.24, 2.45) is 11.3 Å². The summed E-state index contributed by atoms with van der Waals surface area (Å²) in [5.41, 5.74) is 0.268. The molecule has 0 aromatic carbocycles. The standard InChI is InChI=1S/C19H33NO4/c1-2-22-14-18(21)20-9-7-19(8-10-20)11-17(24-15-19)13-23-12-16-5-3-4-6-16/h16-17H,2-15H2,1H3/t17-/m0/s1. The van der Waals surface area contributed by atoms with Crippen LogP contribution in [0.15, 0.2) is 0 Å². The second-order valence-corrected chi connectivity index (χ2v) is 7.84. The first-order valence-electron chi connectivity index (χ1n) is 9.76. The summed E-state index contributed by atoms with van der Waals surface area (Å²) >= 11 is 0. The zero-order valence-corrected chi connectivity index (χ0v) is 15.1. The van der Waals surface area contributed by atoms with Crippen LogP contribution in [0.5, 0.6) is 0 Å². The zero-order chi connectivity index (χ0) is 16.8. The van der Waals surface area contributed by atoms with Gasteiger partial charge >= 0.3 is 0 Å². The first kappa shape index (κ1) is 18.2. The maximum atomic E-state index is 12.0. The lowest BCUT2D eigenvalue weighted by molar-refractivity contribution is -0.138. The van der Waals surface area contributed by atoms with E-state index in [2.05, 4.69) is 0 Å². The van der Waals surface area contributed by atoms with Gasteiger partial charge in [0, 0.05) is 26.3 Å². The molecule has 1 spiro atoms. The second-order valence-electron chi connectivity index (χ2n) is 7.84. The lowest BCUT2D eigenvalue weighted by Crippen LogP contribution is -2.45. The van der Waals surface area contributed by atoms with Crippen molar-refractivity contribution < 1.29 is 19.0 Å². The Morgan fingerprint density at radius 1 is 1.17 bits per heavy atom. The van der Waals surface area contributed by atoms with Gasteiger partial charge < -0.3 is 19.1 Å². The summed E-state index contributed by atoms with van der Waals surface area (Å²) in [4.78, 5) is 14.0. The number of hydrogen-bond acceptors (Lipinski definition) is 4. The zero-order valence-electron chi connectivity index (χ0n) is 15.1. The van der Waals surface area contributed by atoms with E-state index >= 15 is 0 Å². The SMILES string of the molecule is CCOCC(=O)N1CCC2(CC1)CO[C@H](COCC1CCCC1)C2. The fourth-order valence-corrected chi connectivity index (χ4v) is 4.41. The second kappa shape index (κ2) is 8.63. The molecule has 1 atom stereocenters. The fraction of sp³-hybridized carbons (Fsp3) is 0.947. The van der Waals surface area contributed by atoms with Crippen LogP contribution < -0.4 is 0 Å². The van der Waals surface area contributed by atoms with Crippen molar-refractivity contribution in [1.29, 1.82) is 0 Å². The van der Waals surface area contributed by atoms with E-state index in [9.17, 15) is 4.79 Å². The van der Waals surface area contributed by atoms with Gasteiger partial charge in [0.2, 0.25) is 5.91 Å². The number of carbonyl (C=O) groups excluding carboxylic acids is 1. The van der Waals surface area contributed by atoms with Crippen LogP contribution in [0.4, 0.5) is 0 Å². The molecular weight excluding hydrogens is 306 g/mol. The van der Waals surface area contributed by atoms with Crippen molar-refractivity contribution in [1.82, 2.24) is 4.90 Å². The van der Waals surface area contributed by atoms with Crippen LogP contribution in [0.2, 0.25) is 0 Å². The highest BCUT2D eigenvalue weighted by atomic mass is 16.5. The maximum Gasteiger partial charge on any atom is 0.248 e. The van der Waals surface area contributed by atoms with Crippen LogP contribution >= 0.6 is 0 Å². The van der Waals surface area contributed by atoms with Gasteiger partial charge in [-0.2, -0.15) is 0 Å². The molecule has 24 heavy (non-hydrogen) atoms. The van der Waals surface area contributed by atoms with Crippen molar-refractivity contribution in [3.05, 3.63) is 0 Å². The molecule has 3 fully saturated rings. The summed E-state index contributed by atoms with van der Waals surface area (Å²) < 4.78 is 17.2. The normalized spacial score (nSPS) is 27.2. The molecule has 2 aliphatic heterocycles. The topological polar surface area (TPSA) is 48.0 Å². The average molecular weight is 339 g/mol. The molecule has 3 aliphatic rings. The third-order valence-corrected chi connectivity index (χ3v) is 6.02. The van der Waals surface area contributed by atoms with Crippen molar-refractivity contribution >= 4 is 5.91 Å². The third-order valence-electron chi connectivity index (χ3n) is 6.02. The average Bonchev–Trinajstić information content (AvgIpc) is 3.24. The number of piperidine rings is 1. The first-order valence-corrected chi connectivity index (χ1v) is 9.76. The van der Waals surface area contributed by atoms with Gasteiger partial charge in [0.1, 0.15) is 6.61 Å². The van der Waals surface area contributed by atoms with Gasteiger partial charge in [-0.3, -0.25) is 4.79 Å². The Labute approximate surface area is 146 Å². The Balaban J connectivity index is 1.35. The van der Waals surface area contributed by atoms with E-state index in [1.54, 1.807) is 0 Å². The van der Waals surface area contributed by atoms with E-state index in [4.69, 9.17) is 14.2 Å². The highest BCUT2D eigenvalue weighted by molar-refractivity contribution is 5.77. The minimum atomic E-state index is 0.127. The maximum absolute atomic E-state index is 12.0. The van der Waals surface area contributed by atoms with Gasteiger partial charge in [0.15, 0.2) is 0 Å². The molecule has 3 rings (SSSR count). The van der Waals surface area contributed by atoms with E-state index in [1.165, 1.54) is 25.7 Å². The molecule has 0 bridgehead atoms. The van der Waals surface area contributed by atoms with Gasteiger partial charge in [-0.25, -0.2) is 0 Å². The molecule has 0 N–H and O–H groups in total. The first-order chi connectivity index (χ1) is 11.7. The Morgan fingerprint density at radius 3 is 2.62 bits per heavy atom. The third kappa shape index (κ3) is 4.70. The summed E-state index contributed by atoms with van der Waals surface area (Å²) in [6, 6.07) is 0. The van der Waals surface area contributed by atoms with Crippen molar-refractivity contribution in [3.63, 3.8) is 0 Å². The molecule has 2 heterocycles. The molecule has 0 aromatic rings. The number of likely N-dealkylation sites (tertiary alicyclic amines) is 1. The molecule has 138 valence electrons. The minimum Gasteiger partial charge on any atom is -0.378 e. The monoisotopic (exact) mass is 339 g/mol. The highest BCUT2D eigenvalue weighted by Crippen LogP contribution is 2.42. The van der Waals surface area contributed by atoms with Crippen molar-refractivity contribution in [3.8, 4) is 0 Å². The molecule has 1 amide bonds. The molecule has 1 saturated carbocycles. The smallest absolute Gasteiger partial charge is 0.248 e. The Morgan fingerprint density at radius 2 is 1.92 bits per heavy atom. The number of hydrogen-bond donors (Lipinski definition) is 0. The molecule has 5 nitrogen and oxygen atoms in total. The van der Waals surface area contributed by atoms with E-state index in [0.717, 1.165) is 58.1 Å². The summed E-state index contributed by atoms with van der Waals surface area (Å²) in [7, 11) is 0. The van der Waals surface area contributed by atoms with E-state index in [-0.39, 0.29) is 24.0 Å². The molecular formula is C19H33NO4. The van der Waals surface area contributed by atoms with Gasteiger partial charge in [0.25, 0.3) is 0 Å². The van der Waals surface area contributed by atoms with Crippen LogP contribution in [0, 0.1) is 11.3 Å². The molecule has 0 unspecified atom stereocenters. The quantitative estimate of drug-likeness (QED) is 0.715. The largest absolute Gasteiger partial charge is 0.378 e. The van der Waals surface area contributed by atoms with Gasteiger partial charge in [0.05, 0.1) is 19.3 Å². The van der Waals surface area contributed by atoms with Crippen molar-refractivity contribution in [2.45, 2.75) is 58.0 Å². The molecule has 2 saturated heterocycles. The van der Waals surface area contributed by atoms with Gasteiger partial charge in [-0.15, -0.1) is 0 Å². The Kier molecular flexibility index (Phi) is 6.53. The molecule has 1 aliphatic carbocycles. The Bertz CT molecular complexity index is 400. The number of nitrogens with zero attached hydrogens (tertiary/aromatic N) is 1. The van der Waals surface area contributed by atoms with E-state index in [1.807, 2.05) is 11.8 Å². The van der Waals surface area contributed by atoms with Crippen LogP contribution in [0.3, 0.4) is 0 Å². The van der Waals surface area contributed by atoms with Crippen LogP contribution in [0.1, 0.15) is 51.9 Å². The Hall–Kier alpha value is -0.650. The van der Waals surface area contributed by atoms with Crippen LogP contribution in [0.25, 0.3) is 0 Å². The highest BCUT2D eigenvalue weighted by Gasteiger charge is 2.43. The molecule has 0 aromatic heterocycles. The van der Waals surface area contributed by atoms with Crippen LogP contribution in [-0.4, -0.2) is 63.0 Å². The minimum absolute atomic E-state index is 0.127. The van der Waals surface area contributed by atoms with E-state index < -0.39 is 0 Å². The number of ether oxygens (including phenoxy) is 3. The van der Waals surface area contributed by atoms with Crippen molar-refractivity contribution in [2.75, 3.05) is 46.1 Å². The summed E-state index contributed by atoms with van der Waals surface area (Å²) in [5, 5.41) is 0.